The van der Waals surface area contributed by atoms with Crippen LogP contribution in [0.3, 0.4) is 0 Å². The van der Waals surface area contributed by atoms with E-state index in [4.69, 9.17) is 4.74 Å². The maximum atomic E-state index is 12.3. The zero-order chi connectivity index (χ0) is 12.4. The molecule has 0 unspecified atom stereocenters. The van der Waals surface area contributed by atoms with Crippen LogP contribution in [0.25, 0.3) is 0 Å². The minimum Gasteiger partial charge on any atom is -0.481 e. The van der Waals surface area contributed by atoms with Crippen LogP contribution in [-0.4, -0.2) is 46.2 Å². The summed E-state index contributed by atoms with van der Waals surface area (Å²) in [5.74, 6) is -2.29. The molecule has 3 rings (SSSR count). The van der Waals surface area contributed by atoms with Gasteiger partial charge in [-0.1, -0.05) is 12.2 Å². The van der Waals surface area contributed by atoms with Gasteiger partial charge in [0.2, 0.25) is 5.91 Å². The number of carboxylic acid groups (broad SMARTS) is 1. The fourth-order valence-corrected chi connectivity index (χ4v) is 3.25. The van der Waals surface area contributed by atoms with Gasteiger partial charge in [-0.15, -0.1) is 0 Å². The van der Waals surface area contributed by atoms with E-state index in [1.165, 1.54) is 0 Å². The average Bonchev–Trinajstić information content (AvgIpc) is 2.86. The molecule has 3 heterocycles. The second-order valence-corrected chi connectivity index (χ2v) is 5.30. The summed E-state index contributed by atoms with van der Waals surface area (Å²) in [5.41, 5.74) is -0.685. The predicted molar refractivity (Wildman–Crippen MR) is 58.2 cm³/mol. The Bertz CT molecular complexity index is 430. The molecule has 0 aromatic rings. The van der Waals surface area contributed by atoms with Crippen molar-refractivity contribution in [2.24, 2.45) is 11.8 Å². The molecule has 0 aliphatic carbocycles. The van der Waals surface area contributed by atoms with E-state index in [0.717, 1.165) is 0 Å². The Morgan fingerprint density at radius 2 is 2.35 bits per heavy atom. The summed E-state index contributed by atoms with van der Waals surface area (Å²) < 4.78 is 5.75. The zero-order valence-corrected chi connectivity index (χ0v) is 9.79. The lowest BCUT2D eigenvalue weighted by Crippen LogP contribution is -2.39. The van der Waals surface area contributed by atoms with Gasteiger partial charge in [-0.05, 0) is 13.8 Å². The Kier molecular flexibility index (Phi) is 1.96. The van der Waals surface area contributed by atoms with Crippen molar-refractivity contribution < 1.29 is 19.4 Å². The van der Waals surface area contributed by atoms with E-state index >= 15 is 0 Å². The van der Waals surface area contributed by atoms with E-state index < -0.39 is 29.5 Å². The summed E-state index contributed by atoms with van der Waals surface area (Å²) >= 11 is 0. The number of carboxylic acids is 1. The van der Waals surface area contributed by atoms with Gasteiger partial charge in [-0.25, -0.2) is 0 Å². The molecule has 1 amide bonds. The number of nitrogens with zero attached hydrogens (tertiary/aromatic N) is 1. The monoisotopic (exact) mass is 237 g/mol. The number of fused-ring (bicyclic) bond motifs is 1. The SMILES string of the molecule is CC(C)N1C[C@@]23C=C[C@@H](O2)[C@@H](C(=O)O)[C@H]3C1=O. The van der Waals surface area contributed by atoms with Crippen LogP contribution < -0.4 is 0 Å². The number of hydrogen-bond donors (Lipinski definition) is 1. The Morgan fingerprint density at radius 1 is 1.65 bits per heavy atom. The molecule has 0 aromatic carbocycles. The topological polar surface area (TPSA) is 66.8 Å². The van der Waals surface area contributed by atoms with Gasteiger partial charge in [-0.3, -0.25) is 9.59 Å². The lowest BCUT2D eigenvalue weighted by atomic mass is 9.77. The zero-order valence-electron chi connectivity index (χ0n) is 9.79. The fraction of sp³-hybridized carbons (Fsp3) is 0.667. The summed E-state index contributed by atoms with van der Waals surface area (Å²) in [4.78, 5) is 25.3. The summed E-state index contributed by atoms with van der Waals surface area (Å²) in [6.45, 7) is 4.34. The molecule has 1 spiro atoms. The number of ether oxygens (including phenoxy) is 1. The van der Waals surface area contributed by atoms with Crippen molar-refractivity contribution in [2.75, 3.05) is 6.54 Å². The molecular weight excluding hydrogens is 222 g/mol. The average molecular weight is 237 g/mol. The highest BCUT2D eigenvalue weighted by atomic mass is 16.5. The summed E-state index contributed by atoms with van der Waals surface area (Å²) in [7, 11) is 0. The normalized spacial score (nSPS) is 42.6. The summed E-state index contributed by atoms with van der Waals surface area (Å²) in [6, 6.07) is 0.0768. The van der Waals surface area contributed by atoms with Gasteiger partial charge in [-0.2, -0.15) is 0 Å². The van der Waals surface area contributed by atoms with Crippen LogP contribution >= 0.6 is 0 Å². The Labute approximate surface area is 99.0 Å². The first-order valence-corrected chi connectivity index (χ1v) is 5.87. The third-order valence-corrected chi connectivity index (χ3v) is 4.04. The van der Waals surface area contributed by atoms with Gasteiger partial charge in [0.1, 0.15) is 11.5 Å². The molecule has 1 N–H and O–H groups in total. The summed E-state index contributed by atoms with van der Waals surface area (Å²) in [6.07, 6.45) is 3.23. The smallest absolute Gasteiger partial charge is 0.310 e. The van der Waals surface area contributed by atoms with E-state index in [2.05, 4.69) is 0 Å². The number of aliphatic carboxylic acids is 1. The predicted octanol–water partition coefficient (Wildman–Crippen LogP) is 0.261. The van der Waals surface area contributed by atoms with Crippen LogP contribution in [-0.2, 0) is 14.3 Å². The second-order valence-electron chi connectivity index (χ2n) is 5.30. The minimum atomic E-state index is -0.940. The van der Waals surface area contributed by atoms with Gasteiger partial charge < -0.3 is 14.7 Å². The van der Waals surface area contributed by atoms with Gasteiger partial charge in [0.25, 0.3) is 0 Å². The van der Waals surface area contributed by atoms with Crippen molar-refractivity contribution >= 4 is 11.9 Å². The van der Waals surface area contributed by atoms with Gasteiger partial charge in [0.15, 0.2) is 0 Å². The highest BCUT2D eigenvalue weighted by molar-refractivity contribution is 5.90. The molecule has 3 aliphatic rings. The van der Waals surface area contributed by atoms with E-state index in [1.807, 2.05) is 19.9 Å². The molecule has 2 fully saturated rings. The van der Waals surface area contributed by atoms with Crippen LogP contribution in [0, 0.1) is 11.8 Å². The molecular formula is C12H15NO4. The van der Waals surface area contributed by atoms with Crippen molar-refractivity contribution in [3.8, 4) is 0 Å². The first-order chi connectivity index (χ1) is 7.96. The number of likely N-dealkylation sites (tertiary alicyclic amines) is 1. The maximum Gasteiger partial charge on any atom is 0.310 e. The second kappa shape index (κ2) is 3.10. The van der Waals surface area contributed by atoms with E-state index in [1.54, 1.807) is 11.0 Å². The number of rotatable bonds is 2. The third kappa shape index (κ3) is 1.17. The number of carbonyl (C=O) groups excluding carboxylic acids is 1. The van der Waals surface area contributed by atoms with Crippen molar-refractivity contribution in [1.82, 2.24) is 4.90 Å². The lowest BCUT2D eigenvalue weighted by molar-refractivity contribution is -0.148. The molecule has 2 bridgehead atoms. The van der Waals surface area contributed by atoms with Crippen molar-refractivity contribution in [1.29, 1.82) is 0 Å². The lowest BCUT2D eigenvalue weighted by Gasteiger charge is -2.24. The Morgan fingerprint density at radius 3 is 2.94 bits per heavy atom. The Balaban J connectivity index is 2.01. The van der Waals surface area contributed by atoms with Crippen LogP contribution in [0.1, 0.15) is 13.8 Å². The first-order valence-electron chi connectivity index (χ1n) is 5.87. The van der Waals surface area contributed by atoms with E-state index in [-0.39, 0.29) is 11.9 Å². The number of amides is 1. The van der Waals surface area contributed by atoms with Crippen LogP contribution in [0.2, 0.25) is 0 Å². The van der Waals surface area contributed by atoms with Gasteiger partial charge in [0, 0.05) is 6.04 Å². The molecule has 0 aromatic heterocycles. The molecule has 4 atom stereocenters. The number of carbonyl (C=O) groups is 2. The fourth-order valence-electron chi connectivity index (χ4n) is 3.25. The van der Waals surface area contributed by atoms with Crippen molar-refractivity contribution in [3.05, 3.63) is 12.2 Å². The quantitative estimate of drug-likeness (QED) is 0.700. The first kappa shape index (κ1) is 10.8. The van der Waals surface area contributed by atoms with Crippen molar-refractivity contribution in [2.45, 2.75) is 31.6 Å². The minimum absolute atomic E-state index is 0.0768. The largest absolute Gasteiger partial charge is 0.481 e. The maximum absolute atomic E-state index is 12.3. The van der Waals surface area contributed by atoms with E-state index in [0.29, 0.717) is 6.54 Å². The molecule has 17 heavy (non-hydrogen) atoms. The molecule has 0 radical (unpaired) electrons. The van der Waals surface area contributed by atoms with Crippen LogP contribution in [0.4, 0.5) is 0 Å². The highest BCUT2D eigenvalue weighted by Crippen LogP contribution is 2.52. The highest BCUT2D eigenvalue weighted by Gasteiger charge is 2.67. The standard InChI is InChI=1S/C12H15NO4/c1-6(2)13-5-12-4-3-7(17-12)8(11(15)16)9(12)10(13)14/h3-4,6-9H,5H2,1-2H3,(H,15,16)/t7-,8-,9+,12-/m1/s1. The van der Waals surface area contributed by atoms with Crippen LogP contribution in [0.5, 0.6) is 0 Å². The molecule has 2 saturated heterocycles. The van der Waals surface area contributed by atoms with Gasteiger partial charge >= 0.3 is 5.97 Å². The van der Waals surface area contributed by atoms with E-state index in [9.17, 15) is 14.7 Å². The van der Waals surface area contributed by atoms with Crippen LogP contribution in [0.15, 0.2) is 12.2 Å². The number of hydrogen-bond acceptors (Lipinski definition) is 3. The summed E-state index contributed by atoms with van der Waals surface area (Å²) in [5, 5.41) is 9.24. The molecule has 0 saturated carbocycles. The third-order valence-electron chi connectivity index (χ3n) is 4.04. The molecule has 92 valence electrons. The molecule has 5 heteroatoms. The van der Waals surface area contributed by atoms with Gasteiger partial charge in [0.05, 0.1) is 18.6 Å². The van der Waals surface area contributed by atoms with Crippen molar-refractivity contribution in [3.63, 3.8) is 0 Å². The molecule has 5 nitrogen and oxygen atoms in total. The Hall–Kier alpha value is -1.36. The molecule has 3 aliphatic heterocycles.